The number of carboxylic acid groups (broad SMARTS) is 1. The van der Waals surface area contributed by atoms with Gasteiger partial charge in [-0.3, -0.25) is 9.59 Å². The molecule has 2 fully saturated rings. The van der Waals surface area contributed by atoms with Crippen molar-refractivity contribution in [1.29, 1.82) is 0 Å². The molecule has 2 amide bonds. The largest absolute Gasteiger partial charge is 0.481 e. The fraction of sp³-hybridized carbons (Fsp3) is 0.444. The van der Waals surface area contributed by atoms with E-state index >= 15 is 0 Å². The number of aliphatic carboxylic acids is 1. The fourth-order valence-electron chi connectivity index (χ4n) is 5.66. The molecule has 0 spiro atoms. The second kappa shape index (κ2) is 9.49. The van der Waals surface area contributed by atoms with Gasteiger partial charge in [0.15, 0.2) is 0 Å². The van der Waals surface area contributed by atoms with Crippen LogP contribution in [0.5, 0.6) is 0 Å². The Morgan fingerprint density at radius 1 is 0.971 bits per heavy atom. The van der Waals surface area contributed by atoms with E-state index in [0.29, 0.717) is 25.9 Å². The molecule has 0 unspecified atom stereocenters. The van der Waals surface area contributed by atoms with Crippen molar-refractivity contribution in [2.24, 2.45) is 11.8 Å². The summed E-state index contributed by atoms with van der Waals surface area (Å²) in [5.74, 6) is -0.432. The van der Waals surface area contributed by atoms with Crippen molar-refractivity contribution in [2.45, 2.75) is 44.1 Å². The summed E-state index contributed by atoms with van der Waals surface area (Å²) >= 11 is 0. The minimum atomic E-state index is -0.789. The number of fused-ring (bicyclic) bond motifs is 3. The molecular weight excluding hydrogens is 432 g/mol. The maximum absolute atomic E-state index is 12.7. The summed E-state index contributed by atoms with van der Waals surface area (Å²) in [5, 5.41) is 11.7. The monoisotopic (exact) mass is 462 g/mol. The Kier molecular flexibility index (Phi) is 6.26. The molecular formula is C27H30N2O5. The van der Waals surface area contributed by atoms with Gasteiger partial charge in [-0.25, -0.2) is 4.79 Å². The molecule has 34 heavy (non-hydrogen) atoms. The molecule has 1 aliphatic heterocycles. The van der Waals surface area contributed by atoms with Gasteiger partial charge in [0, 0.05) is 37.4 Å². The van der Waals surface area contributed by atoms with E-state index in [-0.39, 0.29) is 42.7 Å². The van der Waals surface area contributed by atoms with Gasteiger partial charge < -0.3 is 20.1 Å². The van der Waals surface area contributed by atoms with E-state index in [0.717, 1.165) is 12.8 Å². The summed E-state index contributed by atoms with van der Waals surface area (Å²) in [6.07, 6.45) is 2.48. The molecule has 7 heteroatoms. The van der Waals surface area contributed by atoms with Gasteiger partial charge in [-0.15, -0.1) is 0 Å². The highest BCUT2D eigenvalue weighted by atomic mass is 16.5. The van der Waals surface area contributed by atoms with Crippen LogP contribution in [0.1, 0.15) is 49.1 Å². The topological polar surface area (TPSA) is 95.9 Å². The van der Waals surface area contributed by atoms with Crippen LogP contribution in [0.3, 0.4) is 0 Å². The van der Waals surface area contributed by atoms with Crippen LogP contribution in [0.4, 0.5) is 4.79 Å². The van der Waals surface area contributed by atoms with E-state index < -0.39 is 12.1 Å². The number of nitrogens with zero attached hydrogens (tertiary/aromatic N) is 1. The Balaban J connectivity index is 1.09. The van der Waals surface area contributed by atoms with Crippen LogP contribution in [0, 0.1) is 11.8 Å². The van der Waals surface area contributed by atoms with Crippen molar-refractivity contribution < 1.29 is 24.2 Å². The van der Waals surface area contributed by atoms with Crippen LogP contribution in [-0.4, -0.2) is 53.7 Å². The lowest BCUT2D eigenvalue weighted by Gasteiger charge is -2.40. The number of likely N-dealkylation sites (tertiary alicyclic amines) is 1. The number of hydrogen-bond acceptors (Lipinski definition) is 4. The lowest BCUT2D eigenvalue weighted by molar-refractivity contribution is -0.142. The third-order valence-electron chi connectivity index (χ3n) is 7.48. The van der Waals surface area contributed by atoms with Crippen molar-refractivity contribution >= 4 is 18.0 Å². The van der Waals surface area contributed by atoms with Gasteiger partial charge in [-0.05, 0) is 53.9 Å². The molecule has 2 aliphatic carbocycles. The molecule has 1 heterocycles. The van der Waals surface area contributed by atoms with Gasteiger partial charge in [0.05, 0.1) is 0 Å². The SMILES string of the molecule is O=C(O)CCC1CN(C(=O)[C@H]2CC[C@@H](NC(=O)OCC3c4ccccc4-c4ccccc43)C2)C1. The first kappa shape index (κ1) is 22.4. The number of nitrogens with one attached hydrogen (secondary N) is 1. The number of amides is 2. The zero-order valence-corrected chi connectivity index (χ0v) is 19.1. The Hall–Kier alpha value is -3.35. The molecule has 7 nitrogen and oxygen atoms in total. The summed E-state index contributed by atoms with van der Waals surface area (Å²) in [7, 11) is 0. The number of hydrogen-bond donors (Lipinski definition) is 2. The van der Waals surface area contributed by atoms with Crippen molar-refractivity contribution in [3.8, 4) is 11.1 Å². The molecule has 1 saturated carbocycles. The molecule has 178 valence electrons. The Labute approximate surface area is 199 Å². The number of rotatable bonds is 7. The quantitative estimate of drug-likeness (QED) is 0.648. The molecule has 0 bridgehead atoms. The average molecular weight is 463 g/mol. The maximum Gasteiger partial charge on any atom is 0.407 e. The van der Waals surface area contributed by atoms with Gasteiger partial charge in [0.1, 0.15) is 6.61 Å². The number of carbonyl (C=O) groups is 3. The predicted molar refractivity (Wildman–Crippen MR) is 126 cm³/mol. The fourth-order valence-corrected chi connectivity index (χ4v) is 5.66. The zero-order valence-electron chi connectivity index (χ0n) is 19.1. The van der Waals surface area contributed by atoms with E-state index in [4.69, 9.17) is 9.84 Å². The normalized spacial score (nSPS) is 21.5. The Morgan fingerprint density at radius 2 is 1.62 bits per heavy atom. The first-order chi connectivity index (χ1) is 16.5. The Bertz CT molecular complexity index is 1050. The maximum atomic E-state index is 12.7. The third kappa shape index (κ3) is 4.52. The van der Waals surface area contributed by atoms with E-state index in [1.165, 1.54) is 22.3 Å². The summed E-state index contributed by atoms with van der Waals surface area (Å²) in [6.45, 7) is 1.57. The van der Waals surface area contributed by atoms with E-state index in [9.17, 15) is 14.4 Å². The molecule has 1 saturated heterocycles. The third-order valence-corrected chi connectivity index (χ3v) is 7.48. The van der Waals surface area contributed by atoms with E-state index in [2.05, 4.69) is 29.6 Å². The molecule has 2 atom stereocenters. The van der Waals surface area contributed by atoms with Gasteiger partial charge in [0.25, 0.3) is 0 Å². The summed E-state index contributed by atoms with van der Waals surface area (Å²) in [6, 6.07) is 16.4. The number of benzene rings is 2. The number of carboxylic acids is 1. The molecule has 2 aromatic rings. The smallest absolute Gasteiger partial charge is 0.407 e. The Morgan fingerprint density at radius 3 is 2.26 bits per heavy atom. The average Bonchev–Trinajstić information content (AvgIpc) is 3.39. The summed E-state index contributed by atoms with van der Waals surface area (Å²) in [5.41, 5.74) is 4.75. The number of carbonyl (C=O) groups excluding carboxylic acids is 2. The minimum Gasteiger partial charge on any atom is -0.481 e. The van der Waals surface area contributed by atoms with Crippen LogP contribution in [-0.2, 0) is 14.3 Å². The van der Waals surface area contributed by atoms with Crippen LogP contribution < -0.4 is 5.32 Å². The lowest BCUT2D eigenvalue weighted by Crippen LogP contribution is -2.52. The number of ether oxygens (including phenoxy) is 1. The molecule has 5 rings (SSSR count). The highest BCUT2D eigenvalue weighted by Gasteiger charge is 2.38. The standard InChI is InChI=1S/C27H30N2O5/c30-25(31)12-9-17-14-29(15-17)26(32)18-10-11-19(13-18)28-27(33)34-16-24-22-7-3-1-5-20(22)21-6-2-4-8-23(21)24/h1-8,17-19,24H,9-16H2,(H,28,33)(H,30,31)/t18-,19+/m0/s1. The van der Waals surface area contributed by atoms with E-state index in [1.807, 2.05) is 29.2 Å². The van der Waals surface area contributed by atoms with Crippen LogP contribution in [0.15, 0.2) is 48.5 Å². The summed E-state index contributed by atoms with van der Waals surface area (Å²) in [4.78, 5) is 37.8. The molecule has 2 N–H and O–H groups in total. The molecule has 3 aliphatic rings. The molecule has 0 radical (unpaired) electrons. The first-order valence-corrected chi connectivity index (χ1v) is 12.1. The van der Waals surface area contributed by atoms with Crippen molar-refractivity contribution in [2.75, 3.05) is 19.7 Å². The highest BCUT2D eigenvalue weighted by Crippen LogP contribution is 2.44. The van der Waals surface area contributed by atoms with Gasteiger partial charge in [-0.2, -0.15) is 0 Å². The summed E-state index contributed by atoms with van der Waals surface area (Å²) < 4.78 is 5.64. The van der Waals surface area contributed by atoms with Crippen molar-refractivity contribution in [1.82, 2.24) is 10.2 Å². The van der Waals surface area contributed by atoms with Crippen LogP contribution in [0.25, 0.3) is 11.1 Å². The minimum absolute atomic E-state index is 0.0246. The van der Waals surface area contributed by atoms with Crippen LogP contribution in [0.2, 0.25) is 0 Å². The van der Waals surface area contributed by atoms with Crippen molar-refractivity contribution in [3.05, 3.63) is 59.7 Å². The second-order valence-electron chi connectivity index (χ2n) is 9.72. The van der Waals surface area contributed by atoms with Gasteiger partial charge >= 0.3 is 12.1 Å². The lowest BCUT2D eigenvalue weighted by atomic mass is 9.92. The highest BCUT2D eigenvalue weighted by molar-refractivity contribution is 5.81. The molecule has 2 aromatic carbocycles. The van der Waals surface area contributed by atoms with Crippen molar-refractivity contribution in [3.63, 3.8) is 0 Å². The van der Waals surface area contributed by atoms with E-state index in [1.54, 1.807) is 0 Å². The first-order valence-electron chi connectivity index (χ1n) is 12.1. The van der Waals surface area contributed by atoms with Gasteiger partial charge in [0.2, 0.25) is 5.91 Å². The van der Waals surface area contributed by atoms with Crippen LogP contribution >= 0.6 is 0 Å². The number of alkyl carbamates (subject to hydrolysis) is 1. The second-order valence-corrected chi connectivity index (χ2v) is 9.72. The van der Waals surface area contributed by atoms with Gasteiger partial charge in [-0.1, -0.05) is 48.5 Å². The zero-order chi connectivity index (χ0) is 23.7. The predicted octanol–water partition coefficient (Wildman–Crippen LogP) is 4.02. The molecule has 0 aromatic heterocycles.